The van der Waals surface area contributed by atoms with Crippen molar-refractivity contribution in [1.82, 2.24) is 4.98 Å². The Morgan fingerprint density at radius 2 is 1.75 bits per heavy atom. The minimum absolute atomic E-state index is 0.320. The fraction of sp³-hybridized carbons (Fsp3) is 0.167. The lowest BCUT2D eigenvalue weighted by atomic mass is 10.0. The summed E-state index contributed by atoms with van der Waals surface area (Å²) >= 11 is 5.98. The zero-order valence-electron chi connectivity index (χ0n) is 13.4. The molecule has 0 saturated carbocycles. The SMILES string of the molecule is COc1cc2[nH]c(-c3ccc(Cl)cc3C)c(O)c(=O)c2cc1OC. The van der Waals surface area contributed by atoms with Crippen LogP contribution < -0.4 is 14.9 Å². The number of nitrogens with one attached hydrogen (secondary N) is 1. The molecule has 3 rings (SSSR count). The molecule has 0 atom stereocenters. The van der Waals surface area contributed by atoms with Crippen LogP contribution >= 0.6 is 11.6 Å². The van der Waals surface area contributed by atoms with E-state index >= 15 is 0 Å². The quantitative estimate of drug-likeness (QED) is 0.755. The maximum Gasteiger partial charge on any atom is 0.231 e. The van der Waals surface area contributed by atoms with Gasteiger partial charge in [0.2, 0.25) is 5.43 Å². The second kappa shape index (κ2) is 6.09. The molecule has 2 N–H and O–H groups in total. The topological polar surface area (TPSA) is 71.5 Å². The maximum atomic E-state index is 12.6. The van der Waals surface area contributed by atoms with Gasteiger partial charge in [0.15, 0.2) is 17.2 Å². The Morgan fingerprint density at radius 3 is 2.38 bits per heavy atom. The Bertz CT molecular complexity index is 994. The summed E-state index contributed by atoms with van der Waals surface area (Å²) < 4.78 is 10.5. The molecule has 0 aliphatic rings. The normalized spacial score (nSPS) is 10.8. The Morgan fingerprint density at radius 1 is 1.08 bits per heavy atom. The number of methoxy groups -OCH3 is 2. The summed E-state index contributed by atoms with van der Waals surface area (Å²) in [6, 6.07) is 8.46. The molecule has 2 aromatic carbocycles. The molecule has 1 aromatic heterocycles. The van der Waals surface area contributed by atoms with Gasteiger partial charge < -0.3 is 19.6 Å². The van der Waals surface area contributed by atoms with Crippen LogP contribution in [-0.4, -0.2) is 24.3 Å². The Labute approximate surface area is 143 Å². The molecule has 5 nitrogen and oxygen atoms in total. The molecule has 0 fully saturated rings. The molecule has 3 aromatic rings. The van der Waals surface area contributed by atoms with Gasteiger partial charge >= 0.3 is 0 Å². The van der Waals surface area contributed by atoms with Crippen LogP contribution in [0.25, 0.3) is 22.2 Å². The largest absolute Gasteiger partial charge is 0.503 e. The van der Waals surface area contributed by atoms with Crippen LogP contribution in [0.4, 0.5) is 0 Å². The van der Waals surface area contributed by atoms with Gasteiger partial charge in [-0.2, -0.15) is 0 Å². The van der Waals surface area contributed by atoms with Crippen LogP contribution in [0.15, 0.2) is 35.1 Å². The van der Waals surface area contributed by atoms with Crippen LogP contribution in [0.3, 0.4) is 0 Å². The van der Waals surface area contributed by atoms with E-state index in [-0.39, 0.29) is 5.75 Å². The van der Waals surface area contributed by atoms with Gasteiger partial charge in [0, 0.05) is 16.7 Å². The van der Waals surface area contributed by atoms with E-state index in [1.165, 1.54) is 14.2 Å². The number of aromatic hydroxyl groups is 1. The van der Waals surface area contributed by atoms with E-state index in [1.54, 1.807) is 30.3 Å². The number of rotatable bonds is 3. The van der Waals surface area contributed by atoms with Crippen molar-refractivity contribution in [1.29, 1.82) is 0 Å². The fourth-order valence-electron chi connectivity index (χ4n) is 2.71. The van der Waals surface area contributed by atoms with Gasteiger partial charge in [-0.1, -0.05) is 17.7 Å². The number of ether oxygens (including phenoxy) is 2. The van der Waals surface area contributed by atoms with Gasteiger partial charge in [-0.25, -0.2) is 0 Å². The number of H-pyrrole nitrogens is 1. The van der Waals surface area contributed by atoms with Gasteiger partial charge in [-0.15, -0.1) is 0 Å². The number of aromatic nitrogens is 1. The number of benzene rings is 2. The van der Waals surface area contributed by atoms with E-state index in [9.17, 15) is 9.90 Å². The predicted molar refractivity (Wildman–Crippen MR) is 94.5 cm³/mol. The number of halogens is 1. The molecule has 0 amide bonds. The molecule has 124 valence electrons. The molecule has 24 heavy (non-hydrogen) atoms. The van der Waals surface area contributed by atoms with Crippen molar-refractivity contribution in [3.8, 4) is 28.5 Å². The molecular formula is C18H16ClNO4. The highest BCUT2D eigenvalue weighted by Gasteiger charge is 2.17. The first kappa shape index (κ1) is 16.2. The molecule has 0 radical (unpaired) electrons. The van der Waals surface area contributed by atoms with Crippen molar-refractivity contribution in [3.63, 3.8) is 0 Å². The second-order valence-corrected chi connectivity index (χ2v) is 5.83. The highest BCUT2D eigenvalue weighted by Crippen LogP contribution is 2.34. The molecule has 6 heteroatoms. The lowest BCUT2D eigenvalue weighted by molar-refractivity contribution is 0.355. The van der Waals surface area contributed by atoms with Crippen molar-refractivity contribution in [3.05, 3.63) is 51.1 Å². The molecule has 0 aliphatic heterocycles. The highest BCUT2D eigenvalue weighted by atomic mass is 35.5. The first-order valence-electron chi connectivity index (χ1n) is 7.23. The standard InChI is InChI=1S/C18H16ClNO4/c1-9-6-10(19)4-5-11(9)16-18(22)17(21)12-7-14(23-2)15(24-3)8-13(12)20-16/h4-8,22H,1-3H3,(H,20,21). The number of pyridine rings is 1. The van der Waals surface area contributed by atoms with E-state index in [0.29, 0.717) is 38.7 Å². The van der Waals surface area contributed by atoms with Crippen LogP contribution in [0.1, 0.15) is 5.56 Å². The molecular weight excluding hydrogens is 330 g/mol. The number of aryl methyl sites for hydroxylation is 1. The zero-order chi connectivity index (χ0) is 17.4. The summed E-state index contributed by atoms with van der Waals surface area (Å²) in [5.41, 5.74) is 1.95. The van der Waals surface area contributed by atoms with Gasteiger partial charge in [-0.05, 0) is 30.7 Å². The van der Waals surface area contributed by atoms with E-state index < -0.39 is 5.43 Å². The first-order valence-corrected chi connectivity index (χ1v) is 7.61. The van der Waals surface area contributed by atoms with Gasteiger partial charge in [0.25, 0.3) is 0 Å². The summed E-state index contributed by atoms with van der Waals surface area (Å²) in [6.07, 6.45) is 0. The number of aromatic amines is 1. The molecule has 0 unspecified atom stereocenters. The highest BCUT2D eigenvalue weighted by molar-refractivity contribution is 6.30. The van der Waals surface area contributed by atoms with Gasteiger partial charge in [0.05, 0.1) is 30.8 Å². The maximum absolute atomic E-state index is 12.6. The fourth-order valence-corrected chi connectivity index (χ4v) is 2.93. The third-order valence-corrected chi connectivity index (χ3v) is 4.17. The first-order chi connectivity index (χ1) is 11.5. The van der Waals surface area contributed by atoms with E-state index in [2.05, 4.69) is 4.98 Å². The summed E-state index contributed by atoms with van der Waals surface area (Å²) in [7, 11) is 3.01. The minimum Gasteiger partial charge on any atom is -0.503 e. The monoisotopic (exact) mass is 345 g/mol. The lowest BCUT2D eigenvalue weighted by Crippen LogP contribution is -2.06. The van der Waals surface area contributed by atoms with Gasteiger partial charge in [0.1, 0.15) is 0 Å². The molecule has 0 spiro atoms. The van der Waals surface area contributed by atoms with Crippen molar-refractivity contribution in [2.24, 2.45) is 0 Å². The number of fused-ring (bicyclic) bond motifs is 1. The summed E-state index contributed by atoms with van der Waals surface area (Å²) in [5, 5.41) is 11.3. The van der Waals surface area contributed by atoms with Crippen LogP contribution in [0, 0.1) is 6.92 Å². The van der Waals surface area contributed by atoms with Crippen molar-refractivity contribution >= 4 is 22.5 Å². The van der Waals surface area contributed by atoms with Crippen molar-refractivity contribution in [2.75, 3.05) is 14.2 Å². The summed E-state index contributed by atoms with van der Waals surface area (Å²) in [5.74, 6) is 0.565. The number of hydrogen-bond donors (Lipinski definition) is 2. The average molecular weight is 346 g/mol. The summed E-state index contributed by atoms with van der Waals surface area (Å²) in [6.45, 7) is 1.86. The van der Waals surface area contributed by atoms with Gasteiger partial charge in [-0.3, -0.25) is 4.79 Å². The molecule has 0 aliphatic carbocycles. The van der Waals surface area contributed by atoms with Crippen LogP contribution in [-0.2, 0) is 0 Å². The smallest absolute Gasteiger partial charge is 0.231 e. The molecule has 0 bridgehead atoms. The minimum atomic E-state index is -0.478. The second-order valence-electron chi connectivity index (χ2n) is 5.39. The number of hydrogen-bond acceptors (Lipinski definition) is 4. The van der Waals surface area contributed by atoms with Crippen molar-refractivity contribution < 1.29 is 14.6 Å². The third kappa shape index (κ3) is 2.57. The molecule has 1 heterocycles. The zero-order valence-corrected chi connectivity index (χ0v) is 14.2. The predicted octanol–water partition coefficient (Wildman–Crippen LogP) is 3.88. The molecule has 0 saturated heterocycles. The Kier molecular flexibility index (Phi) is 4.11. The van der Waals surface area contributed by atoms with E-state index in [0.717, 1.165) is 5.56 Å². The average Bonchev–Trinajstić information content (AvgIpc) is 2.57. The van der Waals surface area contributed by atoms with Crippen molar-refractivity contribution in [2.45, 2.75) is 6.92 Å². The Hall–Kier alpha value is -2.66. The van der Waals surface area contributed by atoms with E-state index in [1.807, 2.05) is 6.92 Å². The Balaban J connectivity index is 2.35. The lowest BCUT2D eigenvalue weighted by Gasteiger charge is -2.13. The van der Waals surface area contributed by atoms with Crippen LogP contribution in [0.5, 0.6) is 17.2 Å². The summed E-state index contributed by atoms with van der Waals surface area (Å²) in [4.78, 5) is 15.7. The van der Waals surface area contributed by atoms with E-state index in [4.69, 9.17) is 21.1 Å². The third-order valence-electron chi connectivity index (χ3n) is 3.94. The van der Waals surface area contributed by atoms with Crippen LogP contribution in [0.2, 0.25) is 5.02 Å².